The molecule has 0 spiro atoms. The first-order valence-corrected chi connectivity index (χ1v) is 11.0. The van der Waals surface area contributed by atoms with Gasteiger partial charge in [-0.2, -0.15) is 0 Å². The first-order chi connectivity index (χ1) is 13.6. The summed E-state index contributed by atoms with van der Waals surface area (Å²) in [6.45, 7) is 7.37. The highest BCUT2D eigenvalue weighted by atomic mass is 16.5. The van der Waals surface area contributed by atoms with Gasteiger partial charge in [0.15, 0.2) is 0 Å². The van der Waals surface area contributed by atoms with Crippen molar-refractivity contribution in [3.05, 3.63) is 35.4 Å². The van der Waals surface area contributed by atoms with E-state index in [1.165, 1.54) is 38.5 Å². The molecule has 0 fully saturated rings. The minimum atomic E-state index is -0.345. The lowest BCUT2D eigenvalue weighted by molar-refractivity contribution is 0.0475. The van der Waals surface area contributed by atoms with Crippen molar-refractivity contribution in [2.24, 2.45) is 5.92 Å². The molecule has 0 amide bonds. The molecule has 1 aromatic carbocycles. The van der Waals surface area contributed by atoms with Gasteiger partial charge in [0.1, 0.15) is 0 Å². The number of unbranched alkanes of at least 4 members (excludes halogenated alkanes) is 7. The third-order valence-electron chi connectivity index (χ3n) is 5.13. The maximum absolute atomic E-state index is 12.1. The van der Waals surface area contributed by atoms with Crippen LogP contribution >= 0.6 is 0 Å². The second-order valence-corrected chi connectivity index (χ2v) is 7.63. The topological polar surface area (TPSA) is 52.6 Å². The molecule has 0 saturated heterocycles. The average molecular weight is 391 g/mol. The van der Waals surface area contributed by atoms with Crippen molar-refractivity contribution in [1.82, 2.24) is 0 Å². The van der Waals surface area contributed by atoms with Gasteiger partial charge in [-0.25, -0.2) is 9.59 Å². The Hall–Kier alpha value is -1.84. The van der Waals surface area contributed by atoms with E-state index in [1.54, 1.807) is 24.3 Å². The highest BCUT2D eigenvalue weighted by Crippen LogP contribution is 2.11. The summed E-state index contributed by atoms with van der Waals surface area (Å²) in [6, 6.07) is 6.50. The van der Waals surface area contributed by atoms with Gasteiger partial charge in [-0.15, -0.1) is 0 Å². The van der Waals surface area contributed by atoms with Crippen molar-refractivity contribution in [3.63, 3.8) is 0 Å². The zero-order valence-corrected chi connectivity index (χ0v) is 18.0. The van der Waals surface area contributed by atoms with Crippen molar-refractivity contribution >= 4 is 11.9 Å². The third-order valence-corrected chi connectivity index (χ3v) is 5.13. The molecule has 0 radical (unpaired) electrons. The molecule has 0 heterocycles. The standard InChI is InChI=1S/C24H38O4/c1-4-6-7-8-9-10-11-12-18-27-23(25)21-13-15-22(16-14-21)24(26)28-19-17-20(3)5-2/h13-16,20H,4-12,17-19H2,1-3H3. The van der Waals surface area contributed by atoms with Crippen LogP contribution in [0.3, 0.4) is 0 Å². The van der Waals surface area contributed by atoms with E-state index in [-0.39, 0.29) is 11.9 Å². The second kappa shape index (κ2) is 15.1. The SMILES string of the molecule is CCCCCCCCCCOC(=O)c1ccc(C(=O)OCCC(C)CC)cc1. The lowest BCUT2D eigenvalue weighted by atomic mass is 10.1. The Kier molecular flexibility index (Phi) is 13.1. The van der Waals surface area contributed by atoms with E-state index < -0.39 is 0 Å². The molecule has 0 aliphatic heterocycles. The molecule has 158 valence electrons. The van der Waals surface area contributed by atoms with E-state index in [0.717, 1.165) is 25.7 Å². The quantitative estimate of drug-likeness (QED) is 0.251. The molecule has 0 bridgehead atoms. The largest absolute Gasteiger partial charge is 0.462 e. The Morgan fingerprint density at radius 1 is 0.750 bits per heavy atom. The van der Waals surface area contributed by atoms with E-state index in [0.29, 0.717) is 30.3 Å². The molecule has 4 heteroatoms. The maximum atomic E-state index is 12.1. The van der Waals surface area contributed by atoms with E-state index in [9.17, 15) is 9.59 Å². The van der Waals surface area contributed by atoms with Crippen molar-refractivity contribution in [2.75, 3.05) is 13.2 Å². The number of ether oxygens (including phenoxy) is 2. The summed E-state index contributed by atoms with van der Waals surface area (Å²) in [4.78, 5) is 24.1. The van der Waals surface area contributed by atoms with Crippen molar-refractivity contribution in [1.29, 1.82) is 0 Å². The van der Waals surface area contributed by atoms with Crippen LogP contribution in [0.1, 0.15) is 106 Å². The van der Waals surface area contributed by atoms with Crippen LogP contribution in [0.2, 0.25) is 0 Å². The highest BCUT2D eigenvalue weighted by molar-refractivity contribution is 5.93. The molecule has 1 unspecified atom stereocenters. The van der Waals surface area contributed by atoms with Gasteiger partial charge in [-0.05, 0) is 43.0 Å². The summed E-state index contributed by atoms with van der Waals surface area (Å²) < 4.78 is 10.6. The Bertz CT molecular complexity index is 550. The molecule has 1 atom stereocenters. The summed E-state index contributed by atoms with van der Waals surface area (Å²) in [5.41, 5.74) is 0.930. The number of esters is 2. The molecular formula is C24H38O4. The predicted molar refractivity (Wildman–Crippen MR) is 114 cm³/mol. The van der Waals surface area contributed by atoms with E-state index in [1.807, 2.05) is 0 Å². The predicted octanol–water partition coefficient (Wildman–Crippen LogP) is 6.58. The normalized spacial score (nSPS) is 11.8. The van der Waals surface area contributed by atoms with E-state index in [2.05, 4.69) is 20.8 Å². The summed E-state index contributed by atoms with van der Waals surface area (Å²) in [6.07, 6.45) is 11.6. The molecule has 1 aromatic rings. The fraction of sp³-hybridized carbons (Fsp3) is 0.667. The molecule has 4 nitrogen and oxygen atoms in total. The smallest absolute Gasteiger partial charge is 0.338 e. The first kappa shape index (κ1) is 24.2. The fourth-order valence-corrected chi connectivity index (χ4v) is 2.87. The van der Waals surface area contributed by atoms with Crippen molar-refractivity contribution in [3.8, 4) is 0 Å². The highest BCUT2D eigenvalue weighted by Gasteiger charge is 2.11. The molecule has 0 saturated carbocycles. The van der Waals surface area contributed by atoms with Crippen molar-refractivity contribution in [2.45, 2.75) is 85.0 Å². The number of rotatable bonds is 15. The number of hydrogen-bond acceptors (Lipinski definition) is 4. The molecule has 0 aromatic heterocycles. The van der Waals surface area contributed by atoms with Gasteiger partial charge in [0.25, 0.3) is 0 Å². The van der Waals surface area contributed by atoms with Crippen LogP contribution in [0, 0.1) is 5.92 Å². The van der Waals surface area contributed by atoms with Gasteiger partial charge >= 0.3 is 11.9 Å². The van der Waals surface area contributed by atoms with Crippen LogP contribution in [0.4, 0.5) is 0 Å². The molecule has 1 rings (SSSR count). The van der Waals surface area contributed by atoms with E-state index >= 15 is 0 Å². The molecule has 0 aliphatic carbocycles. The van der Waals surface area contributed by atoms with Crippen LogP contribution in [0.25, 0.3) is 0 Å². The average Bonchev–Trinajstić information content (AvgIpc) is 2.72. The van der Waals surface area contributed by atoms with Gasteiger partial charge in [0, 0.05) is 0 Å². The zero-order valence-electron chi connectivity index (χ0n) is 18.0. The fourth-order valence-electron chi connectivity index (χ4n) is 2.87. The molecule has 0 aliphatic rings. The monoisotopic (exact) mass is 390 g/mol. The van der Waals surface area contributed by atoms with Crippen LogP contribution < -0.4 is 0 Å². The number of carbonyl (C=O) groups excluding carboxylic acids is 2. The lowest BCUT2D eigenvalue weighted by Crippen LogP contribution is -2.10. The van der Waals surface area contributed by atoms with Gasteiger partial charge < -0.3 is 9.47 Å². The van der Waals surface area contributed by atoms with E-state index in [4.69, 9.17) is 9.47 Å². The van der Waals surface area contributed by atoms with Gasteiger partial charge in [0.05, 0.1) is 24.3 Å². The van der Waals surface area contributed by atoms with Gasteiger partial charge in [0.2, 0.25) is 0 Å². The van der Waals surface area contributed by atoms with Crippen LogP contribution in [0.5, 0.6) is 0 Å². The summed E-state index contributed by atoms with van der Waals surface area (Å²) in [5, 5.41) is 0. The van der Waals surface area contributed by atoms with Crippen molar-refractivity contribution < 1.29 is 19.1 Å². The number of hydrogen-bond donors (Lipinski definition) is 0. The molecule has 0 N–H and O–H groups in total. The minimum absolute atomic E-state index is 0.334. The molecular weight excluding hydrogens is 352 g/mol. The first-order valence-electron chi connectivity index (χ1n) is 11.0. The Balaban J connectivity index is 2.21. The Labute approximate surface area is 171 Å². The van der Waals surface area contributed by atoms with Crippen LogP contribution in [-0.4, -0.2) is 25.2 Å². The number of benzene rings is 1. The number of carbonyl (C=O) groups is 2. The summed E-state index contributed by atoms with van der Waals surface area (Å²) in [5.74, 6) is -0.132. The Morgan fingerprint density at radius 3 is 1.71 bits per heavy atom. The minimum Gasteiger partial charge on any atom is -0.462 e. The third kappa shape index (κ3) is 10.5. The van der Waals surface area contributed by atoms with Gasteiger partial charge in [-0.3, -0.25) is 0 Å². The van der Waals surface area contributed by atoms with Crippen LogP contribution in [0.15, 0.2) is 24.3 Å². The second-order valence-electron chi connectivity index (χ2n) is 7.63. The van der Waals surface area contributed by atoms with Crippen LogP contribution in [-0.2, 0) is 9.47 Å². The maximum Gasteiger partial charge on any atom is 0.338 e. The summed E-state index contributed by atoms with van der Waals surface area (Å²) in [7, 11) is 0. The molecule has 28 heavy (non-hydrogen) atoms. The zero-order chi connectivity index (χ0) is 20.6. The Morgan fingerprint density at radius 2 is 1.21 bits per heavy atom. The van der Waals surface area contributed by atoms with Gasteiger partial charge in [-0.1, -0.05) is 72.1 Å². The lowest BCUT2D eigenvalue weighted by Gasteiger charge is -2.09. The summed E-state index contributed by atoms with van der Waals surface area (Å²) >= 11 is 0.